The summed E-state index contributed by atoms with van der Waals surface area (Å²) in [5.41, 5.74) is -0.0200. The number of halogens is 3. The van der Waals surface area contributed by atoms with E-state index in [-0.39, 0.29) is 21.3 Å². The standard InChI is InChI=1S/C13H14BrClFNO/c1-8-5-6-17(7-9(8)14)13(18)12-10(15)3-2-4-11(12)16/h2-4,8-9H,5-7H2,1H3. The highest BCUT2D eigenvalue weighted by molar-refractivity contribution is 9.09. The zero-order valence-corrected chi connectivity index (χ0v) is 12.3. The van der Waals surface area contributed by atoms with Crippen LogP contribution >= 0.6 is 27.5 Å². The number of carbonyl (C=O) groups is 1. The topological polar surface area (TPSA) is 20.3 Å². The number of piperidine rings is 1. The predicted octanol–water partition coefficient (Wildman–Crippen LogP) is 3.72. The molecule has 0 bridgehead atoms. The second-order valence-electron chi connectivity index (χ2n) is 4.63. The molecule has 1 aromatic carbocycles. The van der Waals surface area contributed by atoms with Crippen LogP contribution in [0.15, 0.2) is 18.2 Å². The molecule has 5 heteroatoms. The summed E-state index contributed by atoms with van der Waals surface area (Å²) in [5.74, 6) is -0.364. The van der Waals surface area contributed by atoms with E-state index in [1.54, 1.807) is 4.90 Å². The van der Waals surface area contributed by atoms with Crippen molar-refractivity contribution in [2.75, 3.05) is 13.1 Å². The van der Waals surface area contributed by atoms with Crippen molar-refractivity contribution in [1.29, 1.82) is 0 Å². The van der Waals surface area contributed by atoms with E-state index in [0.717, 1.165) is 6.42 Å². The molecule has 0 N–H and O–H groups in total. The number of amides is 1. The van der Waals surface area contributed by atoms with Crippen LogP contribution in [0.1, 0.15) is 23.7 Å². The van der Waals surface area contributed by atoms with Crippen LogP contribution in [0.25, 0.3) is 0 Å². The van der Waals surface area contributed by atoms with Gasteiger partial charge in [-0.2, -0.15) is 0 Å². The lowest BCUT2D eigenvalue weighted by atomic mass is 9.98. The van der Waals surface area contributed by atoms with E-state index < -0.39 is 5.82 Å². The molecule has 0 spiro atoms. The van der Waals surface area contributed by atoms with Gasteiger partial charge in [-0.25, -0.2) is 4.39 Å². The summed E-state index contributed by atoms with van der Waals surface area (Å²) in [4.78, 5) is 14.2. The summed E-state index contributed by atoms with van der Waals surface area (Å²) in [6.45, 7) is 3.37. The number of benzene rings is 1. The Morgan fingerprint density at radius 3 is 2.89 bits per heavy atom. The predicted molar refractivity (Wildman–Crippen MR) is 73.8 cm³/mol. The van der Waals surface area contributed by atoms with E-state index in [0.29, 0.717) is 19.0 Å². The fourth-order valence-corrected chi connectivity index (χ4v) is 2.92. The van der Waals surface area contributed by atoms with Gasteiger partial charge < -0.3 is 4.90 Å². The maximum absolute atomic E-state index is 13.7. The van der Waals surface area contributed by atoms with Gasteiger partial charge in [-0.1, -0.05) is 40.5 Å². The molecule has 2 unspecified atom stereocenters. The van der Waals surface area contributed by atoms with Gasteiger partial charge >= 0.3 is 0 Å². The molecule has 0 aliphatic carbocycles. The zero-order valence-electron chi connectivity index (χ0n) is 10.00. The van der Waals surface area contributed by atoms with Crippen LogP contribution in [-0.4, -0.2) is 28.7 Å². The van der Waals surface area contributed by atoms with Crippen LogP contribution < -0.4 is 0 Å². The lowest BCUT2D eigenvalue weighted by Gasteiger charge is -2.34. The van der Waals surface area contributed by atoms with E-state index in [9.17, 15) is 9.18 Å². The molecule has 0 saturated carbocycles. The number of alkyl halides is 1. The fourth-order valence-electron chi connectivity index (χ4n) is 2.07. The normalized spacial score (nSPS) is 24.1. The van der Waals surface area contributed by atoms with Crippen molar-refractivity contribution in [3.05, 3.63) is 34.6 Å². The molecule has 18 heavy (non-hydrogen) atoms. The number of carbonyl (C=O) groups excluding carboxylic acids is 1. The van der Waals surface area contributed by atoms with Gasteiger partial charge in [0.1, 0.15) is 5.82 Å². The molecule has 2 atom stereocenters. The molecule has 2 rings (SSSR count). The second-order valence-corrected chi connectivity index (χ2v) is 6.21. The van der Waals surface area contributed by atoms with Gasteiger partial charge in [0.15, 0.2) is 0 Å². The smallest absolute Gasteiger partial charge is 0.258 e. The molecule has 98 valence electrons. The lowest BCUT2D eigenvalue weighted by Crippen LogP contribution is -2.43. The van der Waals surface area contributed by atoms with E-state index >= 15 is 0 Å². The molecule has 1 aliphatic heterocycles. The number of nitrogens with zero attached hydrogens (tertiary/aromatic N) is 1. The minimum Gasteiger partial charge on any atom is -0.337 e. The summed E-state index contributed by atoms with van der Waals surface area (Å²) in [6.07, 6.45) is 0.910. The Labute approximate surface area is 119 Å². The van der Waals surface area contributed by atoms with Crippen LogP contribution in [-0.2, 0) is 0 Å². The molecule has 1 aliphatic rings. The summed E-state index contributed by atoms with van der Waals surface area (Å²) >= 11 is 9.46. The van der Waals surface area contributed by atoms with Crippen molar-refractivity contribution in [3.63, 3.8) is 0 Å². The minimum atomic E-state index is -0.558. The van der Waals surface area contributed by atoms with Crippen LogP contribution in [0.2, 0.25) is 5.02 Å². The molecule has 0 radical (unpaired) electrons. The average molecular weight is 335 g/mol. The molecule has 1 amide bonds. The highest BCUT2D eigenvalue weighted by Crippen LogP contribution is 2.27. The first-order valence-corrected chi connectivity index (χ1v) is 7.17. The quantitative estimate of drug-likeness (QED) is 0.717. The Balaban J connectivity index is 2.22. The third kappa shape index (κ3) is 2.69. The molecule has 0 aromatic heterocycles. The minimum absolute atomic E-state index is 0.0200. The van der Waals surface area contributed by atoms with E-state index in [1.807, 2.05) is 0 Å². The van der Waals surface area contributed by atoms with Crippen LogP contribution in [0.4, 0.5) is 4.39 Å². The van der Waals surface area contributed by atoms with Crippen molar-refractivity contribution in [3.8, 4) is 0 Å². The van der Waals surface area contributed by atoms with Crippen LogP contribution in [0, 0.1) is 11.7 Å². The molecule has 1 saturated heterocycles. The molecular weight excluding hydrogens is 321 g/mol. The van der Waals surface area contributed by atoms with Crippen molar-refractivity contribution < 1.29 is 9.18 Å². The third-order valence-corrected chi connectivity index (χ3v) is 4.84. The lowest BCUT2D eigenvalue weighted by molar-refractivity contribution is 0.0701. The maximum Gasteiger partial charge on any atom is 0.258 e. The monoisotopic (exact) mass is 333 g/mol. The first-order valence-electron chi connectivity index (χ1n) is 5.88. The Bertz CT molecular complexity index is 448. The first kappa shape index (κ1) is 13.8. The van der Waals surface area contributed by atoms with Gasteiger partial charge in [-0.3, -0.25) is 4.79 Å². The van der Waals surface area contributed by atoms with Crippen LogP contribution in [0.5, 0.6) is 0 Å². The number of rotatable bonds is 1. The van der Waals surface area contributed by atoms with E-state index in [4.69, 9.17) is 11.6 Å². The highest BCUT2D eigenvalue weighted by atomic mass is 79.9. The molecule has 1 aromatic rings. The van der Waals surface area contributed by atoms with Gasteiger partial charge in [0.2, 0.25) is 0 Å². The molecular formula is C13H14BrClFNO. The second kappa shape index (κ2) is 5.57. The van der Waals surface area contributed by atoms with Gasteiger partial charge in [0.05, 0.1) is 10.6 Å². The average Bonchev–Trinajstić information content (AvgIpc) is 2.32. The number of likely N-dealkylation sites (tertiary alicyclic amines) is 1. The van der Waals surface area contributed by atoms with Gasteiger partial charge in [0, 0.05) is 17.9 Å². The molecule has 1 fully saturated rings. The van der Waals surface area contributed by atoms with Crippen molar-refractivity contribution in [2.24, 2.45) is 5.92 Å². The highest BCUT2D eigenvalue weighted by Gasteiger charge is 2.29. The summed E-state index contributed by atoms with van der Waals surface area (Å²) < 4.78 is 13.7. The largest absolute Gasteiger partial charge is 0.337 e. The van der Waals surface area contributed by atoms with Crippen molar-refractivity contribution in [1.82, 2.24) is 4.90 Å². The Hall–Kier alpha value is -0.610. The van der Waals surface area contributed by atoms with Crippen LogP contribution in [0.3, 0.4) is 0 Å². The van der Waals surface area contributed by atoms with E-state index in [1.165, 1.54) is 18.2 Å². The number of hydrogen-bond donors (Lipinski definition) is 0. The summed E-state index contributed by atoms with van der Waals surface area (Å²) in [6, 6.07) is 4.30. The summed E-state index contributed by atoms with van der Waals surface area (Å²) in [7, 11) is 0. The fraction of sp³-hybridized carbons (Fsp3) is 0.462. The number of hydrogen-bond acceptors (Lipinski definition) is 1. The van der Waals surface area contributed by atoms with Crippen molar-refractivity contribution >= 4 is 33.4 Å². The van der Waals surface area contributed by atoms with Gasteiger partial charge in [-0.05, 0) is 24.5 Å². The first-order chi connectivity index (χ1) is 8.50. The van der Waals surface area contributed by atoms with Gasteiger partial charge in [0.25, 0.3) is 5.91 Å². The zero-order chi connectivity index (χ0) is 13.3. The third-order valence-electron chi connectivity index (χ3n) is 3.33. The molecule has 1 heterocycles. The Morgan fingerprint density at radius 1 is 1.56 bits per heavy atom. The Morgan fingerprint density at radius 2 is 2.28 bits per heavy atom. The SMILES string of the molecule is CC1CCN(C(=O)c2c(F)cccc2Cl)CC1Br. The van der Waals surface area contributed by atoms with Gasteiger partial charge in [-0.15, -0.1) is 0 Å². The Kier molecular flexibility index (Phi) is 4.28. The van der Waals surface area contributed by atoms with E-state index in [2.05, 4.69) is 22.9 Å². The molecule has 2 nitrogen and oxygen atoms in total. The summed E-state index contributed by atoms with van der Waals surface area (Å²) in [5, 5.41) is 0.171. The maximum atomic E-state index is 13.7. The van der Waals surface area contributed by atoms with Crippen molar-refractivity contribution in [2.45, 2.75) is 18.2 Å².